The molecule has 0 spiro atoms. The number of nitrogen functional groups attached to an aromatic ring is 1. The molecule has 0 saturated carbocycles. The minimum atomic E-state index is -3.02. The Hall–Kier alpha value is -0.730. The third-order valence-corrected chi connectivity index (χ3v) is 5.65. The Morgan fingerprint density at radius 3 is 2.94 bits per heavy atom. The van der Waals surface area contributed by atoms with E-state index in [4.69, 9.17) is 5.73 Å². The Morgan fingerprint density at radius 1 is 1.56 bits per heavy atom. The van der Waals surface area contributed by atoms with Crippen LogP contribution in [0.1, 0.15) is 0 Å². The van der Waals surface area contributed by atoms with E-state index in [1.807, 2.05) is 11.1 Å². The van der Waals surface area contributed by atoms with Crippen molar-refractivity contribution in [3.63, 3.8) is 0 Å². The summed E-state index contributed by atoms with van der Waals surface area (Å²) in [6.45, 7) is 2.15. The molecule has 0 radical (unpaired) electrons. The standard InChI is InChI=1S/C10H18N4O2S2/c1-18(15,16)10-8-17-7-6-13(10)4-5-14-3-2-9(11)12-14/h2-3,10H,4-8H2,1H3,(H2,11,12). The molecule has 1 aliphatic heterocycles. The van der Waals surface area contributed by atoms with Gasteiger partial charge in [0.15, 0.2) is 9.84 Å². The molecule has 1 aromatic heterocycles. The third kappa shape index (κ3) is 3.39. The molecule has 2 heterocycles. The molecule has 8 heteroatoms. The zero-order valence-electron chi connectivity index (χ0n) is 10.3. The van der Waals surface area contributed by atoms with Crippen LogP contribution in [0.25, 0.3) is 0 Å². The lowest BCUT2D eigenvalue weighted by atomic mass is 10.4. The van der Waals surface area contributed by atoms with Crippen molar-refractivity contribution >= 4 is 27.4 Å². The number of thioether (sulfide) groups is 1. The first-order valence-electron chi connectivity index (χ1n) is 5.76. The van der Waals surface area contributed by atoms with Crippen molar-refractivity contribution in [3.8, 4) is 0 Å². The molecule has 2 rings (SSSR count). The Balaban J connectivity index is 1.98. The van der Waals surface area contributed by atoms with Crippen molar-refractivity contribution in [2.75, 3.05) is 36.6 Å². The normalized spacial score (nSPS) is 22.2. The van der Waals surface area contributed by atoms with Crippen LogP contribution in [-0.2, 0) is 16.4 Å². The lowest BCUT2D eigenvalue weighted by Crippen LogP contribution is -2.47. The van der Waals surface area contributed by atoms with Crippen molar-refractivity contribution < 1.29 is 8.42 Å². The third-order valence-electron chi connectivity index (χ3n) is 2.96. The molecule has 1 aliphatic rings. The van der Waals surface area contributed by atoms with Crippen molar-refractivity contribution in [2.45, 2.75) is 11.9 Å². The molecule has 0 aromatic carbocycles. The Morgan fingerprint density at radius 2 is 2.33 bits per heavy atom. The topological polar surface area (TPSA) is 81.2 Å². The van der Waals surface area contributed by atoms with E-state index in [1.165, 1.54) is 6.26 Å². The highest BCUT2D eigenvalue weighted by Crippen LogP contribution is 2.20. The van der Waals surface area contributed by atoms with Gasteiger partial charge in [-0.1, -0.05) is 0 Å². The molecule has 0 aliphatic carbocycles. The second-order valence-corrected chi connectivity index (χ2v) is 7.75. The fourth-order valence-electron chi connectivity index (χ4n) is 2.00. The maximum absolute atomic E-state index is 11.7. The minimum absolute atomic E-state index is 0.371. The minimum Gasteiger partial charge on any atom is -0.382 e. The number of nitrogens with two attached hydrogens (primary N) is 1. The van der Waals surface area contributed by atoms with Gasteiger partial charge in [0.1, 0.15) is 11.2 Å². The fourth-order valence-corrected chi connectivity index (χ4v) is 4.97. The molecule has 1 saturated heterocycles. The van der Waals surface area contributed by atoms with Gasteiger partial charge in [-0.3, -0.25) is 9.58 Å². The summed E-state index contributed by atoms with van der Waals surface area (Å²) in [7, 11) is -3.02. The molecular weight excluding hydrogens is 272 g/mol. The van der Waals surface area contributed by atoms with E-state index in [0.29, 0.717) is 24.7 Å². The van der Waals surface area contributed by atoms with E-state index >= 15 is 0 Å². The zero-order chi connectivity index (χ0) is 13.2. The van der Waals surface area contributed by atoms with Gasteiger partial charge in [0.2, 0.25) is 0 Å². The monoisotopic (exact) mass is 290 g/mol. The van der Waals surface area contributed by atoms with Gasteiger partial charge in [0, 0.05) is 37.0 Å². The molecule has 1 aromatic rings. The van der Waals surface area contributed by atoms with Crippen LogP contribution in [0.2, 0.25) is 0 Å². The Kier molecular flexibility index (Phi) is 4.18. The Labute approximate surface area is 111 Å². The summed E-state index contributed by atoms with van der Waals surface area (Å²) in [4.78, 5) is 2.02. The molecule has 102 valence electrons. The lowest BCUT2D eigenvalue weighted by molar-refractivity contribution is 0.255. The highest BCUT2D eigenvalue weighted by molar-refractivity contribution is 8.00. The summed E-state index contributed by atoms with van der Waals surface area (Å²) in [5.41, 5.74) is 5.54. The molecule has 18 heavy (non-hydrogen) atoms. The van der Waals surface area contributed by atoms with E-state index < -0.39 is 9.84 Å². The first-order valence-corrected chi connectivity index (χ1v) is 8.87. The molecule has 6 nitrogen and oxygen atoms in total. The smallest absolute Gasteiger partial charge is 0.164 e. The summed E-state index contributed by atoms with van der Waals surface area (Å²) in [6, 6.07) is 1.74. The van der Waals surface area contributed by atoms with E-state index in [0.717, 1.165) is 12.3 Å². The van der Waals surface area contributed by atoms with Crippen LogP contribution in [0, 0.1) is 0 Å². The number of aromatic nitrogens is 2. The van der Waals surface area contributed by atoms with Gasteiger partial charge in [-0.25, -0.2) is 8.42 Å². The van der Waals surface area contributed by atoms with Gasteiger partial charge in [-0.15, -0.1) is 0 Å². The van der Waals surface area contributed by atoms with Crippen molar-refractivity contribution in [1.29, 1.82) is 0 Å². The molecule has 0 bridgehead atoms. The summed E-state index contributed by atoms with van der Waals surface area (Å²) in [5.74, 6) is 2.12. The van der Waals surface area contributed by atoms with Crippen molar-refractivity contribution in [1.82, 2.24) is 14.7 Å². The van der Waals surface area contributed by atoms with E-state index in [-0.39, 0.29) is 5.37 Å². The van der Waals surface area contributed by atoms with Gasteiger partial charge < -0.3 is 5.73 Å². The number of rotatable bonds is 4. The van der Waals surface area contributed by atoms with E-state index in [9.17, 15) is 8.42 Å². The van der Waals surface area contributed by atoms with Crippen LogP contribution >= 0.6 is 11.8 Å². The van der Waals surface area contributed by atoms with E-state index in [1.54, 1.807) is 22.5 Å². The summed E-state index contributed by atoms with van der Waals surface area (Å²) in [5, 5.41) is 3.72. The zero-order valence-corrected chi connectivity index (χ0v) is 12.0. The van der Waals surface area contributed by atoms with Gasteiger partial charge in [0.05, 0.1) is 6.54 Å². The molecule has 0 amide bonds. The van der Waals surface area contributed by atoms with Crippen molar-refractivity contribution in [2.24, 2.45) is 0 Å². The van der Waals surface area contributed by atoms with Gasteiger partial charge >= 0.3 is 0 Å². The van der Waals surface area contributed by atoms with Gasteiger partial charge in [-0.05, 0) is 6.07 Å². The second kappa shape index (κ2) is 5.50. The molecule has 1 unspecified atom stereocenters. The van der Waals surface area contributed by atoms with Crippen LogP contribution < -0.4 is 5.73 Å². The summed E-state index contributed by atoms with van der Waals surface area (Å²) in [6.07, 6.45) is 3.12. The average molecular weight is 290 g/mol. The van der Waals surface area contributed by atoms with Crippen LogP contribution in [0.5, 0.6) is 0 Å². The SMILES string of the molecule is CS(=O)(=O)C1CSCCN1CCn1ccc(N)n1. The highest BCUT2D eigenvalue weighted by atomic mass is 32.2. The Bertz CT molecular complexity index is 500. The summed E-state index contributed by atoms with van der Waals surface area (Å²) < 4.78 is 25.2. The number of sulfone groups is 1. The van der Waals surface area contributed by atoms with Crippen LogP contribution in [-0.4, -0.2) is 59.3 Å². The first kappa shape index (κ1) is 13.7. The van der Waals surface area contributed by atoms with Gasteiger partial charge in [0.25, 0.3) is 0 Å². The van der Waals surface area contributed by atoms with Crippen molar-refractivity contribution in [3.05, 3.63) is 12.3 Å². The van der Waals surface area contributed by atoms with Crippen LogP contribution in [0.15, 0.2) is 12.3 Å². The van der Waals surface area contributed by atoms with E-state index in [2.05, 4.69) is 5.10 Å². The fraction of sp³-hybridized carbons (Fsp3) is 0.700. The van der Waals surface area contributed by atoms with Gasteiger partial charge in [-0.2, -0.15) is 16.9 Å². The van der Waals surface area contributed by atoms with Crippen LogP contribution in [0.3, 0.4) is 0 Å². The average Bonchev–Trinajstić information content (AvgIpc) is 2.72. The molecule has 2 N–H and O–H groups in total. The summed E-state index contributed by atoms with van der Waals surface area (Å²) >= 11 is 1.70. The maximum Gasteiger partial charge on any atom is 0.164 e. The highest BCUT2D eigenvalue weighted by Gasteiger charge is 2.30. The second-order valence-electron chi connectivity index (χ2n) is 4.40. The quantitative estimate of drug-likeness (QED) is 0.833. The predicted octanol–water partition coefficient (Wildman–Crippen LogP) is -0.115. The molecule has 1 fully saturated rings. The predicted molar refractivity (Wildman–Crippen MR) is 74.2 cm³/mol. The number of hydrogen-bond donors (Lipinski definition) is 1. The maximum atomic E-state index is 11.7. The number of anilines is 1. The number of hydrogen-bond acceptors (Lipinski definition) is 6. The number of nitrogens with zero attached hydrogens (tertiary/aromatic N) is 3. The molecule has 1 atom stereocenters. The molecular formula is C10H18N4O2S2. The van der Waals surface area contributed by atoms with Crippen LogP contribution in [0.4, 0.5) is 5.82 Å². The lowest BCUT2D eigenvalue weighted by Gasteiger charge is -2.33. The first-order chi connectivity index (χ1) is 8.47. The largest absolute Gasteiger partial charge is 0.382 e.